The molecular formula is C31H26N10O4. The zero-order chi connectivity index (χ0) is 30.9. The summed E-state index contributed by atoms with van der Waals surface area (Å²) in [5, 5.41) is 19.3. The molecule has 2 amide bonds. The Morgan fingerprint density at radius 3 is 2.44 bits per heavy atom. The van der Waals surface area contributed by atoms with Gasteiger partial charge in [-0.1, -0.05) is 36.4 Å². The lowest BCUT2D eigenvalue weighted by Crippen LogP contribution is -2.52. The van der Waals surface area contributed by atoms with Gasteiger partial charge >= 0.3 is 0 Å². The van der Waals surface area contributed by atoms with Gasteiger partial charge in [0.2, 0.25) is 5.82 Å². The Bertz CT molecular complexity index is 2030. The fourth-order valence-corrected chi connectivity index (χ4v) is 5.44. The molecule has 1 fully saturated rings. The Morgan fingerprint density at radius 1 is 0.911 bits per heavy atom. The van der Waals surface area contributed by atoms with E-state index in [2.05, 4.69) is 30.6 Å². The number of methoxy groups -OCH3 is 1. The molecule has 1 saturated heterocycles. The van der Waals surface area contributed by atoms with Gasteiger partial charge < -0.3 is 19.5 Å². The third kappa shape index (κ3) is 5.07. The van der Waals surface area contributed by atoms with Crippen molar-refractivity contribution in [1.82, 2.24) is 50.2 Å². The first-order valence-corrected chi connectivity index (χ1v) is 14.1. The first-order valence-electron chi connectivity index (χ1n) is 14.1. The Morgan fingerprint density at radius 2 is 1.69 bits per heavy atom. The number of pyridine rings is 1. The predicted molar refractivity (Wildman–Crippen MR) is 162 cm³/mol. The SMILES string of the molecule is COc1cnc(-n2ccc(-c3cccc(-c4nn[nH]n4)c3)n2)c2[nH]cc(C(=O)C(=O)N3CCN(C(=O)c4ccccc4)CC3)c12. The summed E-state index contributed by atoms with van der Waals surface area (Å²) in [5.74, 6) is -0.201. The maximum Gasteiger partial charge on any atom is 0.295 e. The topological polar surface area (TPSA) is 168 Å². The van der Waals surface area contributed by atoms with Gasteiger partial charge in [-0.15, -0.1) is 10.2 Å². The molecular weight excluding hydrogens is 576 g/mol. The quantitative estimate of drug-likeness (QED) is 0.206. The highest BCUT2D eigenvalue weighted by Gasteiger charge is 2.31. The monoisotopic (exact) mass is 602 g/mol. The number of hydrogen-bond acceptors (Lipinski definition) is 9. The van der Waals surface area contributed by atoms with E-state index in [1.165, 1.54) is 24.4 Å². The van der Waals surface area contributed by atoms with Crippen LogP contribution in [0.1, 0.15) is 20.7 Å². The van der Waals surface area contributed by atoms with Gasteiger partial charge in [0.1, 0.15) is 5.75 Å². The van der Waals surface area contributed by atoms with Gasteiger partial charge in [-0.25, -0.2) is 9.67 Å². The Hall–Kier alpha value is -6.18. The van der Waals surface area contributed by atoms with Gasteiger partial charge in [0.05, 0.1) is 35.5 Å². The number of nitrogens with zero attached hydrogens (tertiary/aromatic N) is 8. The predicted octanol–water partition coefficient (Wildman–Crippen LogP) is 2.77. The number of rotatable bonds is 7. The Balaban J connectivity index is 1.13. The van der Waals surface area contributed by atoms with Crippen LogP contribution in [-0.4, -0.2) is 101 Å². The number of aromatic amines is 2. The molecule has 0 spiro atoms. The second-order valence-corrected chi connectivity index (χ2v) is 10.3. The van der Waals surface area contributed by atoms with E-state index >= 15 is 0 Å². The summed E-state index contributed by atoms with van der Waals surface area (Å²) < 4.78 is 7.14. The largest absolute Gasteiger partial charge is 0.494 e. The van der Waals surface area contributed by atoms with Crippen LogP contribution in [0, 0.1) is 0 Å². The van der Waals surface area contributed by atoms with Crippen molar-refractivity contribution in [2.75, 3.05) is 33.3 Å². The van der Waals surface area contributed by atoms with Crippen LogP contribution in [-0.2, 0) is 4.79 Å². The molecule has 14 nitrogen and oxygen atoms in total. The number of carbonyl (C=O) groups is 3. The van der Waals surface area contributed by atoms with Crippen LogP contribution in [0.2, 0.25) is 0 Å². The standard InChI is InChI=1S/C31H26N10O4/c1-45-24-18-33-29(41-11-10-23(36-41)20-8-5-9-21(16-20)28-34-37-38-35-28)26-25(24)22(17-32-26)27(42)31(44)40-14-12-39(13-15-40)30(43)19-6-3-2-4-7-19/h2-11,16-18,32H,12-15H2,1H3,(H,34,35,37,38). The molecule has 0 saturated carbocycles. The molecule has 0 unspecified atom stereocenters. The minimum absolute atomic E-state index is 0.100. The van der Waals surface area contributed by atoms with Crippen molar-refractivity contribution in [3.8, 4) is 34.2 Å². The van der Waals surface area contributed by atoms with Crippen LogP contribution in [0.4, 0.5) is 0 Å². The molecule has 2 aromatic carbocycles. The molecule has 0 radical (unpaired) electrons. The molecule has 0 bridgehead atoms. The van der Waals surface area contributed by atoms with E-state index in [9.17, 15) is 14.4 Å². The smallest absolute Gasteiger partial charge is 0.295 e. The third-order valence-electron chi connectivity index (χ3n) is 7.76. The van der Waals surface area contributed by atoms with E-state index in [1.54, 1.807) is 27.9 Å². The zero-order valence-corrected chi connectivity index (χ0v) is 24.0. The number of Topliss-reactive ketones (excluding diaryl/α,β-unsaturated/α-hetero) is 1. The van der Waals surface area contributed by atoms with Crippen molar-refractivity contribution in [1.29, 1.82) is 0 Å². The minimum atomic E-state index is -0.682. The summed E-state index contributed by atoms with van der Waals surface area (Å²) >= 11 is 0. The number of hydrogen-bond donors (Lipinski definition) is 2. The zero-order valence-electron chi connectivity index (χ0n) is 24.0. The molecule has 4 aromatic heterocycles. The van der Waals surface area contributed by atoms with Gasteiger partial charge in [0.15, 0.2) is 5.82 Å². The summed E-state index contributed by atoms with van der Waals surface area (Å²) in [5.41, 5.74) is 3.53. The minimum Gasteiger partial charge on any atom is -0.494 e. The highest BCUT2D eigenvalue weighted by atomic mass is 16.5. The van der Waals surface area contributed by atoms with E-state index in [0.29, 0.717) is 52.6 Å². The van der Waals surface area contributed by atoms with Crippen LogP contribution >= 0.6 is 0 Å². The lowest BCUT2D eigenvalue weighted by molar-refractivity contribution is -0.127. The highest BCUT2D eigenvalue weighted by Crippen LogP contribution is 2.32. The molecule has 14 heteroatoms. The van der Waals surface area contributed by atoms with Crippen LogP contribution in [0.15, 0.2) is 79.3 Å². The maximum absolute atomic E-state index is 13.6. The fraction of sp³-hybridized carbons (Fsp3) is 0.161. The van der Waals surface area contributed by atoms with E-state index in [0.717, 1.165) is 11.1 Å². The lowest BCUT2D eigenvalue weighted by atomic mass is 10.1. The average molecular weight is 603 g/mol. The van der Waals surface area contributed by atoms with Gasteiger partial charge in [0.25, 0.3) is 17.6 Å². The number of ether oxygens (including phenoxy) is 1. The number of tetrazole rings is 1. The summed E-state index contributed by atoms with van der Waals surface area (Å²) in [4.78, 5) is 50.6. The number of aromatic nitrogens is 8. The van der Waals surface area contributed by atoms with Gasteiger partial charge in [-0.2, -0.15) is 10.3 Å². The molecule has 45 heavy (non-hydrogen) atoms. The molecule has 1 aliphatic heterocycles. The number of amides is 2. The van der Waals surface area contributed by atoms with Crippen molar-refractivity contribution in [2.24, 2.45) is 0 Å². The van der Waals surface area contributed by atoms with Crippen molar-refractivity contribution >= 4 is 28.5 Å². The number of fused-ring (bicyclic) bond motifs is 1. The second kappa shape index (κ2) is 11.5. The van der Waals surface area contributed by atoms with Gasteiger partial charge in [-0.05, 0) is 29.5 Å². The van der Waals surface area contributed by atoms with Crippen LogP contribution in [0.3, 0.4) is 0 Å². The first-order chi connectivity index (χ1) is 22.0. The summed E-state index contributed by atoms with van der Waals surface area (Å²) in [6.45, 7) is 1.16. The number of nitrogens with one attached hydrogen (secondary N) is 2. The molecule has 7 rings (SSSR count). The van der Waals surface area contributed by atoms with Crippen LogP contribution in [0.25, 0.3) is 39.4 Å². The van der Waals surface area contributed by atoms with E-state index < -0.39 is 11.7 Å². The summed E-state index contributed by atoms with van der Waals surface area (Å²) in [7, 11) is 1.48. The number of ketones is 1. The van der Waals surface area contributed by atoms with Gasteiger partial charge in [-0.3, -0.25) is 14.4 Å². The summed E-state index contributed by atoms with van der Waals surface area (Å²) in [6.07, 6.45) is 4.75. The van der Waals surface area contributed by atoms with Gasteiger partial charge in [0, 0.05) is 55.3 Å². The maximum atomic E-state index is 13.6. The normalized spacial score (nSPS) is 13.3. The summed E-state index contributed by atoms with van der Waals surface area (Å²) in [6, 6.07) is 18.4. The van der Waals surface area contributed by atoms with Crippen LogP contribution < -0.4 is 4.74 Å². The van der Waals surface area contributed by atoms with E-state index in [1.807, 2.05) is 48.5 Å². The van der Waals surface area contributed by atoms with Crippen LogP contribution in [0.5, 0.6) is 5.75 Å². The molecule has 224 valence electrons. The fourth-order valence-electron chi connectivity index (χ4n) is 5.44. The number of benzene rings is 2. The van der Waals surface area contributed by atoms with Crippen molar-refractivity contribution in [3.05, 3.63) is 90.4 Å². The van der Waals surface area contributed by atoms with Crippen molar-refractivity contribution in [2.45, 2.75) is 0 Å². The number of carbonyl (C=O) groups excluding carboxylic acids is 3. The number of piperazine rings is 1. The molecule has 5 heterocycles. The second-order valence-electron chi connectivity index (χ2n) is 10.3. The van der Waals surface area contributed by atoms with E-state index in [-0.39, 0.29) is 24.6 Å². The third-order valence-corrected chi connectivity index (χ3v) is 7.76. The molecule has 0 atom stereocenters. The Labute approximate surface area is 255 Å². The highest BCUT2D eigenvalue weighted by molar-refractivity contribution is 6.45. The first kappa shape index (κ1) is 27.6. The molecule has 2 N–H and O–H groups in total. The average Bonchev–Trinajstić information content (AvgIpc) is 3.89. The Kier molecular flexibility index (Phi) is 7.05. The molecule has 0 aliphatic carbocycles. The number of H-pyrrole nitrogens is 2. The van der Waals surface area contributed by atoms with E-state index in [4.69, 9.17) is 9.84 Å². The van der Waals surface area contributed by atoms with Crippen molar-refractivity contribution in [3.63, 3.8) is 0 Å². The van der Waals surface area contributed by atoms with Crippen molar-refractivity contribution < 1.29 is 19.1 Å². The molecule has 6 aromatic rings. The lowest BCUT2D eigenvalue weighted by Gasteiger charge is -2.34. The molecule has 1 aliphatic rings.